The molecule has 1 aromatic rings. The van der Waals surface area contributed by atoms with Crippen molar-refractivity contribution in [3.05, 3.63) is 18.5 Å². The van der Waals surface area contributed by atoms with Gasteiger partial charge in [-0.25, -0.2) is 0 Å². The molecule has 1 unspecified atom stereocenters. The van der Waals surface area contributed by atoms with E-state index in [9.17, 15) is 14.7 Å². The van der Waals surface area contributed by atoms with E-state index in [1.54, 1.807) is 23.4 Å². The van der Waals surface area contributed by atoms with Crippen molar-refractivity contribution in [2.75, 3.05) is 26.2 Å². The standard InChI is InChI=1S/C14H22N4O3/c1-11(2)6-16-7-12(19)8-17(9-13(16)20)14(21)10-18-5-3-4-15-18/h3-5,11-12,19H,6-10H2,1-2H3. The van der Waals surface area contributed by atoms with Crippen LogP contribution in [0.25, 0.3) is 0 Å². The van der Waals surface area contributed by atoms with E-state index in [0.29, 0.717) is 12.5 Å². The first-order valence-corrected chi connectivity index (χ1v) is 7.16. The molecule has 1 saturated heterocycles. The molecule has 0 aromatic carbocycles. The molecule has 116 valence electrons. The van der Waals surface area contributed by atoms with Gasteiger partial charge in [0.2, 0.25) is 11.8 Å². The second-order valence-electron chi connectivity index (χ2n) is 5.82. The van der Waals surface area contributed by atoms with Crippen molar-refractivity contribution in [2.45, 2.75) is 26.5 Å². The molecule has 2 amide bonds. The molecule has 21 heavy (non-hydrogen) atoms. The number of rotatable bonds is 4. The highest BCUT2D eigenvalue weighted by atomic mass is 16.3. The largest absolute Gasteiger partial charge is 0.389 e. The fraction of sp³-hybridized carbons (Fsp3) is 0.643. The lowest BCUT2D eigenvalue weighted by molar-refractivity contribution is -0.139. The number of carbonyl (C=O) groups is 2. The zero-order valence-electron chi connectivity index (χ0n) is 12.5. The molecule has 0 radical (unpaired) electrons. The maximum Gasteiger partial charge on any atom is 0.244 e. The first-order chi connectivity index (χ1) is 9.95. The zero-order chi connectivity index (χ0) is 15.4. The molecule has 0 aliphatic carbocycles. The van der Waals surface area contributed by atoms with E-state index < -0.39 is 6.10 Å². The Kier molecular flexibility index (Phi) is 4.95. The average molecular weight is 294 g/mol. The number of amides is 2. The van der Waals surface area contributed by atoms with Crippen molar-refractivity contribution in [1.29, 1.82) is 0 Å². The Morgan fingerprint density at radius 1 is 1.48 bits per heavy atom. The van der Waals surface area contributed by atoms with Gasteiger partial charge < -0.3 is 14.9 Å². The van der Waals surface area contributed by atoms with E-state index in [2.05, 4.69) is 5.10 Å². The molecule has 1 atom stereocenters. The maximum absolute atomic E-state index is 12.2. The van der Waals surface area contributed by atoms with Gasteiger partial charge in [-0.15, -0.1) is 0 Å². The molecular formula is C14H22N4O3. The van der Waals surface area contributed by atoms with Crippen LogP contribution in [-0.2, 0) is 16.1 Å². The van der Waals surface area contributed by atoms with Crippen molar-refractivity contribution in [3.63, 3.8) is 0 Å². The van der Waals surface area contributed by atoms with Gasteiger partial charge >= 0.3 is 0 Å². The second kappa shape index (κ2) is 6.71. The summed E-state index contributed by atoms with van der Waals surface area (Å²) in [6.45, 7) is 5.19. The van der Waals surface area contributed by atoms with Gasteiger partial charge in [0.05, 0.1) is 12.6 Å². The number of carbonyl (C=O) groups excluding carboxylic acids is 2. The lowest BCUT2D eigenvalue weighted by Gasteiger charge is -2.23. The highest BCUT2D eigenvalue weighted by Crippen LogP contribution is 2.09. The third-order valence-electron chi connectivity index (χ3n) is 3.34. The summed E-state index contributed by atoms with van der Waals surface area (Å²) in [4.78, 5) is 27.5. The molecule has 1 fully saturated rings. The Bertz CT molecular complexity index is 486. The summed E-state index contributed by atoms with van der Waals surface area (Å²) in [7, 11) is 0. The molecule has 0 saturated carbocycles. The van der Waals surface area contributed by atoms with Crippen LogP contribution in [0, 0.1) is 5.92 Å². The van der Waals surface area contributed by atoms with E-state index in [4.69, 9.17) is 0 Å². The molecule has 2 rings (SSSR count). The minimum Gasteiger partial charge on any atom is -0.389 e. The molecule has 0 bridgehead atoms. The molecule has 1 aliphatic heterocycles. The minimum absolute atomic E-state index is 0.0177. The first-order valence-electron chi connectivity index (χ1n) is 7.16. The van der Waals surface area contributed by atoms with Gasteiger partial charge in [-0.2, -0.15) is 5.10 Å². The summed E-state index contributed by atoms with van der Waals surface area (Å²) < 4.78 is 1.51. The summed E-state index contributed by atoms with van der Waals surface area (Å²) in [5.74, 6) is -0.000891. The van der Waals surface area contributed by atoms with Gasteiger partial charge in [0.1, 0.15) is 6.54 Å². The monoisotopic (exact) mass is 294 g/mol. The van der Waals surface area contributed by atoms with Gasteiger partial charge in [-0.1, -0.05) is 13.8 Å². The number of hydrogen-bond donors (Lipinski definition) is 1. The van der Waals surface area contributed by atoms with Crippen molar-refractivity contribution < 1.29 is 14.7 Å². The quantitative estimate of drug-likeness (QED) is 0.817. The molecular weight excluding hydrogens is 272 g/mol. The highest BCUT2D eigenvalue weighted by Gasteiger charge is 2.29. The number of nitrogens with zero attached hydrogens (tertiary/aromatic N) is 4. The highest BCUT2D eigenvalue weighted by molar-refractivity contribution is 5.85. The van der Waals surface area contributed by atoms with Crippen molar-refractivity contribution in [3.8, 4) is 0 Å². The van der Waals surface area contributed by atoms with E-state index in [1.165, 1.54) is 9.58 Å². The van der Waals surface area contributed by atoms with Crippen LogP contribution in [0.1, 0.15) is 13.8 Å². The van der Waals surface area contributed by atoms with Crippen LogP contribution in [0.4, 0.5) is 0 Å². The third-order valence-corrected chi connectivity index (χ3v) is 3.34. The van der Waals surface area contributed by atoms with Gasteiger partial charge in [0.15, 0.2) is 0 Å². The van der Waals surface area contributed by atoms with Gasteiger partial charge in [-0.05, 0) is 12.0 Å². The van der Waals surface area contributed by atoms with Gasteiger partial charge in [0, 0.05) is 32.0 Å². The Morgan fingerprint density at radius 3 is 2.86 bits per heavy atom. The number of β-amino-alcohol motifs (C(OH)–C–C–N with tert-alkyl or cyclic N) is 1. The van der Waals surface area contributed by atoms with Crippen molar-refractivity contribution >= 4 is 11.8 Å². The lowest BCUT2D eigenvalue weighted by atomic mass is 10.2. The summed E-state index contributed by atoms with van der Waals surface area (Å²) >= 11 is 0. The normalized spacial score (nSPS) is 20.0. The summed E-state index contributed by atoms with van der Waals surface area (Å²) in [6.07, 6.45) is 2.58. The number of aliphatic hydroxyl groups is 1. The van der Waals surface area contributed by atoms with Crippen LogP contribution in [0.2, 0.25) is 0 Å². The SMILES string of the molecule is CC(C)CN1CC(O)CN(C(=O)Cn2cccn2)CC1=O. The first kappa shape index (κ1) is 15.5. The van der Waals surface area contributed by atoms with Crippen molar-refractivity contribution in [1.82, 2.24) is 19.6 Å². The topological polar surface area (TPSA) is 78.7 Å². The van der Waals surface area contributed by atoms with E-state index >= 15 is 0 Å². The van der Waals surface area contributed by atoms with Gasteiger partial charge in [0.25, 0.3) is 0 Å². The zero-order valence-corrected chi connectivity index (χ0v) is 12.5. The summed E-state index contributed by atoms with van der Waals surface area (Å²) in [5.41, 5.74) is 0. The predicted octanol–water partition coefficient (Wildman–Crippen LogP) is -0.429. The number of aromatic nitrogens is 2. The fourth-order valence-corrected chi connectivity index (χ4v) is 2.44. The second-order valence-corrected chi connectivity index (χ2v) is 5.82. The van der Waals surface area contributed by atoms with Crippen LogP contribution in [0.5, 0.6) is 0 Å². The van der Waals surface area contributed by atoms with E-state index in [1.807, 2.05) is 13.8 Å². The van der Waals surface area contributed by atoms with Crippen LogP contribution >= 0.6 is 0 Å². The molecule has 1 aliphatic rings. The van der Waals surface area contributed by atoms with Crippen LogP contribution in [0.15, 0.2) is 18.5 Å². The van der Waals surface area contributed by atoms with Crippen molar-refractivity contribution in [2.24, 2.45) is 5.92 Å². The minimum atomic E-state index is -0.711. The lowest BCUT2D eigenvalue weighted by Crippen LogP contribution is -2.41. The van der Waals surface area contributed by atoms with E-state index in [0.717, 1.165) is 0 Å². The van der Waals surface area contributed by atoms with E-state index in [-0.39, 0.29) is 38.0 Å². The number of aliphatic hydroxyl groups excluding tert-OH is 1. The Morgan fingerprint density at radius 2 is 2.24 bits per heavy atom. The third kappa shape index (κ3) is 4.29. The summed E-state index contributed by atoms with van der Waals surface area (Å²) in [6, 6.07) is 1.74. The molecule has 7 heteroatoms. The Balaban J connectivity index is 2.01. The van der Waals surface area contributed by atoms with Crippen LogP contribution < -0.4 is 0 Å². The smallest absolute Gasteiger partial charge is 0.244 e. The molecule has 1 aromatic heterocycles. The van der Waals surface area contributed by atoms with Gasteiger partial charge in [-0.3, -0.25) is 14.3 Å². The predicted molar refractivity (Wildman–Crippen MR) is 76.2 cm³/mol. The maximum atomic E-state index is 12.2. The molecule has 2 heterocycles. The average Bonchev–Trinajstić information content (AvgIpc) is 2.84. The number of hydrogen-bond acceptors (Lipinski definition) is 4. The Labute approximate surface area is 124 Å². The van der Waals surface area contributed by atoms with Crippen LogP contribution in [-0.4, -0.2) is 68.8 Å². The molecule has 7 nitrogen and oxygen atoms in total. The summed E-state index contributed by atoms with van der Waals surface area (Å²) in [5, 5.41) is 14.0. The Hall–Kier alpha value is -1.89. The fourth-order valence-electron chi connectivity index (χ4n) is 2.44. The van der Waals surface area contributed by atoms with Crippen LogP contribution in [0.3, 0.4) is 0 Å². The molecule has 1 N–H and O–H groups in total. The molecule has 0 spiro atoms.